The molecule has 2 heterocycles. The van der Waals surface area contributed by atoms with Gasteiger partial charge in [-0.05, 0) is 25.5 Å². The van der Waals surface area contributed by atoms with E-state index in [1.54, 1.807) is 6.92 Å². The number of aliphatic hydroxyl groups is 1. The third-order valence-corrected chi connectivity index (χ3v) is 6.90. The topological polar surface area (TPSA) is 64.1 Å². The van der Waals surface area contributed by atoms with Crippen LogP contribution in [0.5, 0.6) is 0 Å². The molecular formula is C17H27N3O3S. The SMILES string of the molecule is CCS(=O)(=O)N1CC[C@](O)(CN2CCN(c3ccccc3)CC2)C1. The van der Waals surface area contributed by atoms with E-state index in [4.69, 9.17) is 0 Å². The van der Waals surface area contributed by atoms with Gasteiger partial charge in [-0.25, -0.2) is 8.42 Å². The van der Waals surface area contributed by atoms with Gasteiger partial charge in [0, 0.05) is 51.5 Å². The minimum absolute atomic E-state index is 0.0961. The summed E-state index contributed by atoms with van der Waals surface area (Å²) < 4.78 is 25.4. The molecule has 0 radical (unpaired) electrons. The summed E-state index contributed by atoms with van der Waals surface area (Å²) in [4.78, 5) is 4.60. The van der Waals surface area contributed by atoms with Crippen molar-refractivity contribution in [1.82, 2.24) is 9.21 Å². The minimum atomic E-state index is -3.21. The van der Waals surface area contributed by atoms with Crippen LogP contribution in [0.25, 0.3) is 0 Å². The first kappa shape index (κ1) is 17.7. The van der Waals surface area contributed by atoms with E-state index in [-0.39, 0.29) is 12.3 Å². The highest BCUT2D eigenvalue weighted by Crippen LogP contribution is 2.26. The zero-order chi connectivity index (χ0) is 17.2. The van der Waals surface area contributed by atoms with Crippen LogP contribution < -0.4 is 4.90 Å². The molecule has 1 atom stereocenters. The highest BCUT2D eigenvalue weighted by molar-refractivity contribution is 7.89. The zero-order valence-electron chi connectivity index (χ0n) is 14.3. The van der Waals surface area contributed by atoms with Gasteiger partial charge >= 0.3 is 0 Å². The van der Waals surface area contributed by atoms with Crippen molar-refractivity contribution in [2.45, 2.75) is 18.9 Å². The average molecular weight is 353 g/mol. The molecule has 1 aromatic carbocycles. The lowest BCUT2D eigenvalue weighted by Crippen LogP contribution is -2.53. The van der Waals surface area contributed by atoms with E-state index in [1.807, 2.05) is 18.2 Å². The molecule has 2 saturated heterocycles. The van der Waals surface area contributed by atoms with Gasteiger partial charge in [-0.3, -0.25) is 4.90 Å². The molecule has 0 amide bonds. The van der Waals surface area contributed by atoms with Crippen LogP contribution in [0.3, 0.4) is 0 Å². The standard InChI is InChI=1S/C17H27N3O3S/c1-2-24(22,23)20-9-8-17(21,15-20)14-18-10-12-19(13-11-18)16-6-4-3-5-7-16/h3-7,21H,2,8-15H2,1H3/t17-/m0/s1. The second-order valence-corrected chi connectivity index (χ2v) is 9.06. The Bertz CT molecular complexity index is 644. The van der Waals surface area contributed by atoms with Gasteiger partial charge < -0.3 is 10.0 Å². The summed E-state index contributed by atoms with van der Waals surface area (Å²) in [6.07, 6.45) is 0.519. The van der Waals surface area contributed by atoms with Crippen molar-refractivity contribution >= 4 is 15.7 Å². The lowest BCUT2D eigenvalue weighted by molar-refractivity contribution is 0.0152. The smallest absolute Gasteiger partial charge is 0.213 e. The van der Waals surface area contributed by atoms with E-state index in [0.29, 0.717) is 19.5 Å². The summed E-state index contributed by atoms with van der Waals surface area (Å²) in [6.45, 7) is 6.48. The largest absolute Gasteiger partial charge is 0.387 e. The Labute approximate surface area is 144 Å². The van der Waals surface area contributed by atoms with Crippen molar-refractivity contribution in [2.24, 2.45) is 0 Å². The summed E-state index contributed by atoms with van der Waals surface area (Å²) >= 11 is 0. The Kier molecular flexibility index (Phi) is 5.15. The molecule has 3 rings (SSSR count). The van der Waals surface area contributed by atoms with Gasteiger partial charge in [0.1, 0.15) is 0 Å². The maximum absolute atomic E-state index is 12.0. The van der Waals surface area contributed by atoms with Crippen LogP contribution in [0.15, 0.2) is 30.3 Å². The second-order valence-electron chi connectivity index (χ2n) is 6.81. The molecule has 2 fully saturated rings. The zero-order valence-corrected chi connectivity index (χ0v) is 15.1. The summed E-state index contributed by atoms with van der Waals surface area (Å²) in [5.74, 6) is 0.0961. The van der Waals surface area contributed by atoms with E-state index >= 15 is 0 Å². The molecule has 2 aliphatic heterocycles. The van der Waals surface area contributed by atoms with E-state index in [1.165, 1.54) is 9.99 Å². The maximum atomic E-state index is 12.0. The predicted molar refractivity (Wildman–Crippen MR) is 95.7 cm³/mol. The molecule has 7 heteroatoms. The molecule has 0 aromatic heterocycles. The van der Waals surface area contributed by atoms with Gasteiger partial charge in [0.2, 0.25) is 10.0 Å². The van der Waals surface area contributed by atoms with Gasteiger partial charge in [0.15, 0.2) is 0 Å². The summed E-state index contributed by atoms with van der Waals surface area (Å²) in [7, 11) is -3.21. The third kappa shape index (κ3) is 3.91. The Morgan fingerprint density at radius 2 is 1.75 bits per heavy atom. The van der Waals surface area contributed by atoms with Crippen molar-refractivity contribution < 1.29 is 13.5 Å². The van der Waals surface area contributed by atoms with Crippen LogP contribution in [-0.2, 0) is 10.0 Å². The van der Waals surface area contributed by atoms with Crippen molar-refractivity contribution in [3.05, 3.63) is 30.3 Å². The fourth-order valence-corrected chi connectivity index (χ4v) is 4.76. The van der Waals surface area contributed by atoms with Gasteiger partial charge in [-0.15, -0.1) is 0 Å². The van der Waals surface area contributed by atoms with Crippen LogP contribution in [0.2, 0.25) is 0 Å². The molecule has 0 unspecified atom stereocenters. The molecule has 24 heavy (non-hydrogen) atoms. The highest BCUT2D eigenvalue weighted by atomic mass is 32.2. The first-order chi connectivity index (χ1) is 11.4. The van der Waals surface area contributed by atoms with Gasteiger partial charge in [0.05, 0.1) is 11.4 Å². The Morgan fingerprint density at radius 1 is 1.08 bits per heavy atom. The van der Waals surface area contributed by atoms with Gasteiger partial charge in [-0.1, -0.05) is 18.2 Å². The number of anilines is 1. The normalized spacial score (nSPS) is 26.8. The number of hydrogen-bond donors (Lipinski definition) is 1. The van der Waals surface area contributed by atoms with Crippen molar-refractivity contribution in [1.29, 1.82) is 0 Å². The molecule has 134 valence electrons. The number of sulfonamides is 1. The van der Waals surface area contributed by atoms with Crippen LogP contribution in [0.1, 0.15) is 13.3 Å². The number of piperazine rings is 1. The molecule has 0 aliphatic carbocycles. The first-order valence-electron chi connectivity index (χ1n) is 8.64. The molecule has 2 aliphatic rings. The molecular weight excluding hydrogens is 326 g/mol. The van der Waals surface area contributed by atoms with Crippen LogP contribution in [-0.4, -0.2) is 79.9 Å². The number of rotatable bonds is 5. The lowest BCUT2D eigenvalue weighted by Gasteiger charge is -2.39. The molecule has 1 N–H and O–H groups in total. The monoisotopic (exact) mass is 353 g/mol. The van der Waals surface area contributed by atoms with Gasteiger partial charge in [-0.2, -0.15) is 4.31 Å². The van der Waals surface area contributed by atoms with Crippen LogP contribution in [0.4, 0.5) is 5.69 Å². The summed E-state index contributed by atoms with van der Waals surface area (Å²) in [5.41, 5.74) is 0.314. The Balaban J connectivity index is 1.53. The quantitative estimate of drug-likeness (QED) is 0.840. The maximum Gasteiger partial charge on any atom is 0.213 e. The fraction of sp³-hybridized carbons (Fsp3) is 0.647. The lowest BCUT2D eigenvalue weighted by atomic mass is 10.0. The Morgan fingerprint density at radius 3 is 2.38 bits per heavy atom. The van der Waals surface area contributed by atoms with Crippen LogP contribution in [0, 0.1) is 0 Å². The molecule has 0 bridgehead atoms. The van der Waals surface area contributed by atoms with Crippen LogP contribution >= 0.6 is 0 Å². The second kappa shape index (κ2) is 7.00. The Hall–Kier alpha value is -1.15. The third-order valence-electron chi connectivity index (χ3n) is 5.07. The highest BCUT2D eigenvalue weighted by Gasteiger charge is 2.41. The summed E-state index contributed by atoms with van der Waals surface area (Å²) in [5, 5.41) is 10.8. The number of β-amino-alcohol motifs (C(OH)–C–C–N with tert-alkyl or cyclic N) is 1. The predicted octanol–water partition coefficient (Wildman–Crippen LogP) is 0.595. The fourth-order valence-electron chi connectivity index (χ4n) is 3.59. The molecule has 0 saturated carbocycles. The average Bonchev–Trinajstić information content (AvgIpc) is 2.99. The summed E-state index contributed by atoms with van der Waals surface area (Å²) in [6, 6.07) is 10.4. The van der Waals surface area contributed by atoms with Crippen molar-refractivity contribution in [2.75, 3.05) is 56.5 Å². The number of nitrogens with zero attached hydrogens (tertiary/aromatic N) is 3. The van der Waals surface area contributed by atoms with E-state index < -0.39 is 15.6 Å². The number of benzene rings is 1. The van der Waals surface area contributed by atoms with Gasteiger partial charge in [0.25, 0.3) is 0 Å². The van der Waals surface area contributed by atoms with E-state index in [9.17, 15) is 13.5 Å². The van der Waals surface area contributed by atoms with Crippen molar-refractivity contribution in [3.8, 4) is 0 Å². The number of hydrogen-bond acceptors (Lipinski definition) is 5. The molecule has 1 aromatic rings. The molecule has 0 spiro atoms. The van der Waals surface area contributed by atoms with E-state index in [2.05, 4.69) is 21.9 Å². The number of para-hydroxylation sites is 1. The first-order valence-corrected chi connectivity index (χ1v) is 10.3. The molecule has 6 nitrogen and oxygen atoms in total. The van der Waals surface area contributed by atoms with Crippen molar-refractivity contribution in [3.63, 3.8) is 0 Å². The van der Waals surface area contributed by atoms with E-state index in [0.717, 1.165) is 26.2 Å². The minimum Gasteiger partial charge on any atom is -0.387 e.